The molecule has 3 rings (SSSR count). The van der Waals surface area contributed by atoms with E-state index in [9.17, 15) is 9.59 Å². The van der Waals surface area contributed by atoms with Crippen LogP contribution < -0.4 is 4.90 Å². The summed E-state index contributed by atoms with van der Waals surface area (Å²) in [7, 11) is 1.74. The first-order valence-corrected chi connectivity index (χ1v) is 7.36. The van der Waals surface area contributed by atoms with Crippen LogP contribution in [0.1, 0.15) is 30.9 Å². The van der Waals surface area contributed by atoms with Gasteiger partial charge in [-0.15, -0.1) is 6.58 Å². The maximum absolute atomic E-state index is 11.6. The molecule has 1 amide bonds. The smallest absolute Gasteiger partial charge is 0.426 e. The molecular weight excluding hydrogens is 282 g/mol. The van der Waals surface area contributed by atoms with Gasteiger partial charge in [0.15, 0.2) is 11.7 Å². The van der Waals surface area contributed by atoms with Crippen LogP contribution >= 0.6 is 0 Å². The van der Waals surface area contributed by atoms with Gasteiger partial charge in [-0.25, -0.2) is 4.79 Å². The van der Waals surface area contributed by atoms with Crippen molar-refractivity contribution < 1.29 is 19.1 Å². The summed E-state index contributed by atoms with van der Waals surface area (Å²) < 4.78 is 10.9. The maximum atomic E-state index is 11.6. The number of hydrogen-bond donors (Lipinski definition) is 0. The second-order valence-electron chi connectivity index (χ2n) is 5.80. The number of carbonyl (C=O) groups is 2. The Labute approximate surface area is 129 Å². The fourth-order valence-corrected chi connectivity index (χ4v) is 3.34. The first kappa shape index (κ1) is 14.6. The van der Waals surface area contributed by atoms with E-state index in [1.165, 1.54) is 6.92 Å². The second kappa shape index (κ2) is 5.16. The van der Waals surface area contributed by atoms with Crippen LogP contribution in [-0.2, 0) is 26.3 Å². The predicted molar refractivity (Wildman–Crippen MR) is 81.7 cm³/mol. The lowest BCUT2D eigenvalue weighted by atomic mass is 9.75. The van der Waals surface area contributed by atoms with Gasteiger partial charge in [-0.05, 0) is 30.5 Å². The van der Waals surface area contributed by atoms with Crippen molar-refractivity contribution in [3.05, 3.63) is 42.0 Å². The monoisotopic (exact) mass is 301 g/mol. The first-order valence-electron chi connectivity index (χ1n) is 7.36. The number of rotatable bonds is 3. The van der Waals surface area contributed by atoms with E-state index < -0.39 is 11.8 Å². The summed E-state index contributed by atoms with van der Waals surface area (Å²) in [5.41, 5.74) is 2.10. The minimum Gasteiger partial charge on any atom is -0.426 e. The molecule has 2 aliphatic rings. The Morgan fingerprint density at radius 1 is 1.55 bits per heavy atom. The highest BCUT2D eigenvalue weighted by molar-refractivity contribution is 5.91. The fraction of sp³-hybridized carbons (Fsp3) is 0.412. The summed E-state index contributed by atoms with van der Waals surface area (Å²) in [6.45, 7) is 5.31. The third-order valence-electron chi connectivity index (χ3n) is 4.55. The van der Waals surface area contributed by atoms with Gasteiger partial charge in [0.25, 0.3) is 0 Å². The average molecular weight is 301 g/mol. The molecule has 0 bridgehead atoms. The van der Waals surface area contributed by atoms with E-state index in [2.05, 4.69) is 6.58 Å². The van der Waals surface area contributed by atoms with Crippen LogP contribution in [0.25, 0.3) is 0 Å². The van der Waals surface area contributed by atoms with Gasteiger partial charge in [0.1, 0.15) is 0 Å². The Morgan fingerprint density at radius 2 is 2.32 bits per heavy atom. The lowest BCUT2D eigenvalue weighted by Crippen LogP contribution is -2.41. The molecule has 0 aromatic heterocycles. The van der Waals surface area contributed by atoms with Crippen molar-refractivity contribution >= 4 is 17.7 Å². The number of nitrogens with zero attached hydrogens (tertiary/aromatic N) is 1. The van der Waals surface area contributed by atoms with Crippen LogP contribution in [0.2, 0.25) is 0 Å². The molecule has 0 N–H and O–H groups in total. The minimum atomic E-state index is -0.778. The number of amides is 1. The van der Waals surface area contributed by atoms with E-state index in [1.54, 1.807) is 18.0 Å². The number of anilines is 1. The number of carbonyl (C=O) groups excluding carboxylic acids is 2. The van der Waals surface area contributed by atoms with Crippen LogP contribution in [0.5, 0.6) is 0 Å². The molecule has 1 aromatic carbocycles. The maximum Gasteiger partial charge on any atom is 0.509 e. The molecule has 5 heteroatoms. The zero-order valence-corrected chi connectivity index (χ0v) is 12.8. The third-order valence-corrected chi connectivity index (χ3v) is 4.55. The van der Waals surface area contributed by atoms with E-state index in [-0.39, 0.29) is 12.0 Å². The zero-order chi connectivity index (χ0) is 15.9. The summed E-state index contributed by atoms with van der Waals surface area (Å²) in [5, 5.41) is 0. The standard InChI is InChI=1S/C17H19NO4/c1-4-9-17-14-7-6-13(18(3)11(2)19)10-12(14)5-8-15(17)21-16(20)22-17/h4,6-7,10,15H,1,5,8-9H2,2-3H3/t15-,17-/m1/s1. The molecule has 0 spiro atoms. The summed E-state index contributed by atoms with van der Waals surface area (Å²) in [6.07, 6.45) is 2.86. The molecule has 5 nitrogen and oxygen atoms in total. The van der Waals surface area contributed by atoms with Gasteiger partial charge < -0.3 is 14.4 Å². The lowest BCUT2D eigenvalue weighted by molar-refractivity contribution is -0.116. The van der Waals surface area contributed by atoms with Crippen molar-refractivity contribution in [3.8, 4) is 0 Å². The highest BCUT2D eigenvalue weighted by atomic mass is 16.8. The number of ether oxygens (including phenoxy) is 2. The Kier molecular flexibility index (Phi) is 3.43. The number of hydrogen-bond acceptors (Lipinski definition) is 4. The topological polar surface area (TPSA) is 55.8 Å². The molecule has 1 fully saturated rings. The van der Waals surface area contributed by atoms with Gasteiger partial charge in [0.05, 0.1) is 0 Å². The van der Waals surface area contributed by atoms with Crippen molar-refractivity contribution in [2.24, 2.45) is 0 Å². The van der Waals surface area contributed by atoms with Gasteiger partial charge in [-0.1, -0.05) is 12.1 Å². The molecule has 1 saturated heterocycles. The molecule has 0 unspecified atom stereocenters. The molecule has 2 atom stereocenters. The molecule has 22 heavy (non-hydrogen) atoms. The zero-order valence-electron chi connectivity index (χ0n) is 12.8. The number of benzene rings is 1. The summed E-state index contributed by atoms with van der Waals surface area (Å²) in [5.74, 6) is -0.0231. The van der Waals surface area contributed by atoms with E-state index in [4.69, 9.17) is 9.47 Å². The Balaban J connectivity index is 2.07. The van der Waals surface area contributed by atoms with Crippen LogP contribution in [0.15, 0.2) is 30.9 Å². The molecule has 0 saturated carbocycles. The van der Waals surface area contributed by atoms with E-state index in [0.29, 0.717) is 12.8 Å². The van der Waals surface area contributed by atoms with Crippen molar-refractivity contribution in [2.45, 2.75) is 37.9 Å². The van der Waals surface area contributed by atoms with Crippen molar-refractivity contribution in [1.29, 1.82) is 0 Å². The fourth-order valence-electron chi connectivity index (χ4n) is 3.34. The first-order chi connectivity index (χ1) is 10.5. The summed E-state index contributed by atoms with van der Waals surface area (Å²) in [6, 6.07) is 5.80. The number of fused-ring (bicyclic) bond motifs is 3. The van der Waals surface area contributed by atoms with Gasteiger partial charge >= 0.3 is 6.16 Å². The van der Waals surface area contributed by atoms with Crippen LogP contribution in [-0.4, -0.2) is 25.2 Å². The molecule has 1 aliphatic heterocycles. The summed E-state index contributed by atoms with van der Waals surface area (Å²) >= 11 is 0. The molecular formula is C17H19NO4. The molecule has 116 valence electrons. The second-order valence-corrected chi connectivity index (χ2v) is 5.80. The Bertz CT molecular complexity index is 654. The molecule has 1 aromatic rings. The van der Waals surface area contributed by atoms with Crippen LogP contribution in [0, 0.1) is 0 Å². The van der Waals surface area contributed by atoms with Crippen molar-refractivity contribution in [3.63, 3.8) is 0 Å². The third kappa shape index (κ3) is 2.08. The molecule has 1 heterocycles. The van der Waals surface area contributed by atoms with Crippen molar-refractivity contribution in [2.75, 3.05) is 11.9 Å². The van der Waals surface area contributed by atoms with Gasteiger partial charge in [-0.3, -0.25) is 4.79 Å². The van der Waals surface area contributed by atoms with Gasteiger partial charge in [0, 0.05) is 31.6 Å². The predicted octanol–water partition coefficient (Wildman–Crippen LogP) is 2.92. The number of aryl methyl sites for hydroxylation is 1. The van der Waals surface area contributed by atoms with Crippen LogP contribution in [0.3, 0.4) is 0 Å². The Morgan fingerprint density at radius 3 is 3.00 bits per heavy atom. The summed E-state index contributed by atoms with van der Waals surface area (Å²) in [4.78, 5) is 24.8. The minimum absolute atomic E-state index is 0.0231. The van der Waals surface area contributed by atoms with Crippen LogP contribution in [0.4, 0.5) is 10.5 Å². The molecule has 0 radical (unpaired) electrons. The average Bonchev–Trinajstić information content (AvgIpc) is 2.82. The lowest BCUT2D eigenvalue weighted by Gasteiger charge is -2.36. The quantitative estimate of drug-likeness (QED) is 0.636. The highest BCUT2D eigenvalue weighted by Gasteiger charge is 2.54. The Hall–Kier alpha value is -2.30. The van der Waals surface area contributed by atoms with E-state index >= 15 is 0 Å². The van der Waals surface area contributed by atoms with E-state index in [1.807, 2.05) is 18.2 Å². The van der Waals surface area contributed by atoms with Gasteiger partial charge in [0.2, 0.25) is 5.91 Å². The normalized spacial score (nSPS) is 25.5. The van der Waals surface area contributed by atoms with Crippen molar-refractivity contribution in [1.82, 2.24) is 0 Å². The SMILES string of the molecule is C=CC[C@]12OC(=O)O[C@@H]1CCc1cc(N(C)C(C)=O)ccc12. The highest BCUT2D eigenvalue weighted by Crippen LogP contribution is 2.47. The van der Waals surface area contributed by atoms with E-state index in [0.717, 1.165) is 23.2 Å². The molecule has 1 aliphatic carbocycles. The van der Waals surface area contributed by atoms with Gasteiger partial charge in [-0.2, -0.15) is 0 Å². The largest absolute Gasteiger partial charge is 0.509 e.